The molecule has 2 saturated heterocycles. The first-order chi connectivity index (χ1) is 14.6. The maximum atomic E-state index is 13.0. The van der Waals surface area contributed by atoms with Crippen LogP contribution >= 0.6 is 11.3 Å². The normalized spacial score (nSPS) is 23.9. The Balaban J connectivity index is 1.27. The monoisotopic (exact) mass is 426 g/mol. The number of piperidine rings is 1. The second kappa shape index (κ2) is 7.65. The molecule has 1 saturated carbocycles. The molecule has 0 radical (unpaired) electrons. The third kappa shape index (κ3) is 3.37. The number of para-hydroxylation sites is 1. The van der Waals surface area contributed by atoms with Crippen molar-refractivity contribution in [3.8, 4) is 0 Å². The second-order valence-corrected chi connectivity index (χ2v) is 9.73. The van der Waals surface area contributed by atoms with Gasteiger partial charge in [0.25, 0.3) is 5.91 Å². The van der Waals surface area contributed by atoms with Gasteiger partial charge in [0, 0.05) is 19.0 Å². The highest BCUT2D eigenvalue weighted by Gasteiger charge is 2.51. The Morgan fingerprint density at radius 3 is 2.77 bits per heavy atom. The molecular weight excluding hydrogens is 400 g/mol. The molecule has 5 rings (SSSR count). The lowest BCUT2D eigenvalue weighted by Crippen LogP contribution is -2.49. The standard InChI is InChI=1S/C22H26N4O3S/c27-18(14-26-20(28)22(24-21(26)29)10-4-1-5-11-22)25-12-6-7-15(13-25)19-23-16-8-2-3-9-17(16)30-19/h2-3,8-9,15H,1,4-7,10-14H2,(H,24,29)/t15-/m1/s1. The summed E-state index contributed by atoms with van der Waals surface area (Å²) in [5, 5.41) is 3.95. The number of hydrogen-bond donors (Lipinski definition) is 1. The van der Waals surface area contributed by atoms with Crippen molar-refractivity contribution in [2.45, 2.75) is 56.4 Å². The van der Waals surface area contributed by atoms with Crippen molar-refractivity contribution in [3.05, 3.63) is 29.3 Å². The van der Waals surface area contributed by atoms with Gasteiger partial charge in [0.2, 0.25) is 5.91 Å². The molecule has 1 aliphatic carbocycles. The van der Waals surface area contributed by atoms with E-state index < -0.39 is 11.6 Å². The van der Waals surface area contributed by atoms with Gasteiger partial charge in [-0.25, -0.2) is 9.78 Å². The van der Waals surface area contributed by atoms with Crippen LogP contribution in [-0.4, -0.2) is 57.8 Å². The molecule has 3 fully saturated rings. The smallest absolute Gasteiger partial charge is 0.325 e. The van der Waals surface area contributed by atoms with Crippen molar-refractivity contribution in [1.29, 1.82) is 0 Å². The van der Waals surface area contributed by atoms with Crippen molar-refractivity contribution in [1.82, 2.24) is 20.1 Å². The summed E-state index contributed by atoms with van der Waals surface area (Å²) in [5.74, 6) is -0.176. The van der Waals surface area contributed by atoms with Gasteiger partial charge in [-0.05, 0) is 37.8 Å². The van der Waals surface area contributed by atoms with E-state index in [-0.39, 0.29) is 24.3 Å². The van der Waals surface area contributed by atoms with E-state index >= 15 is 0 Å². The van der Waals surface area contributed by atoms with Crippen LogP contribution in [0.2, 0.25) is 0 Å². The highest BCUT2D eigenvalue weighted by Crippen LogP contribution is 2.35. The van der Waals surface area contributed by atoms with E-state index in [1.807, 2.05) is 18.2 Å². The molecule has 8 heteroatoms. The topological polar surface area (TPSA) is 82.6 Å². The van der Waals surface area contributed by atoms with E-state index in [0.29, 0.717) is 25.9 Å². The van der Waals surface area contributed by atoms with Gasteiger partial charge in [0.1, 0.15) is 12.1 Å². The summed E-state index contributed by atoms with van der Waals surface area (Å²) in [6, 6.07) is 7.66. The number of rotatable bonds is 3. The van der Waals surface area contributed by atoms with Gasteiger partial charge in [-0.2, -0.15) is 0 Å². The predicted molar refractivity (Wildman–Crippen MR) is 114 cm³/mol. The third-order valence-corrected chi connectivity index (χ3v) is 7.88. The molecule has 1 atom stereocenters. The summed E-state index contributed by atoms with van der Waals surface area (Å²) in [7, 11) is 0. The number of aromatic nitrogens is 1. The minimum absolute atomic E-state index is 0.155. The van der Waals surface area contributed by atoms with Crippen molar-refractivity contribution in [2.24, 2.45) is 0 Å². The van der Waals surface area contributed by atoms with Crippen LogP contribution in [0.5, 0.6) is 0 Å². The van der Waals surface area contributed by atoms with Gasteiger partial charge in [0.15, 0.2) is 0 Å². The Morgan fingerprint density at radius 2 is 1.97 bits per heavy atom. The highest BCUT2D eigenvalue weighted by molar-refractivity contribution is 7.18. The SMILES string of the molecule is O=C(CN1C(=O)NC2(CCCCC2)C1=O)N1CCC[C@@H](c2nc3ccccc3s2)C1. The van der Waals surface area contributed by atoms with Gasteiger partial charge in [0.05, 0.1) is 15.2 Å². The molecule has 3 aliphatic rings. The van der Waals surface area contributed by atoms with Gasteiger partial charge in [-0.3, -0.25) is 14.5 Å². The number of imide groups is 1. The molecule has 0 unspecified atom stereocenters. The summed E-state index contributed by atoms with van der Waals surface area (Å²) in [5.41, 5.74) is 0.221. The van der Waals surface area contributed by atoms with Gasteiger partial charge < -0.3 is 10.2 Å². The Bertz CT molecular complexity index is 964. The van der Waals surface area contributed by atoms with E-state index in [9.17, 15) is 14.4 Å². The van der Waals surface area contributed by atoms with Crippen LogP contribution in [0.4, 0.5) is 4.79 Å². The number of hydrogen-bond acceptors (Lipinski definition) is 5. The van der Waals surface area contributed by atoms with Gasteiger partial charge in [-0.1, -0.05) is 31.4 Å². The molecule has 1 aromatic heterocycles. The Morgan fingerprint density at radius 1 is 1.17 bits per heavy atom. The third-order valence-electron chi connectivity index (χ3n) is 6.68. The number of nitrogens with zero attached hydrogens (tertiary/aromatic N) is 3. The highest BCUT2D eigenvalue weighted by atomic mass is 32.1. The van der Waals surface area contributed by atoms with E-state index in [2.05, 4.69) is 11.4 Å². The van der Waals surface area contributed by atoms with Crippen LogP contribution in [0.25, 0.3) is 10.2 Å². The van der Waals surface area contributed by atoms with Crippen LogP contribution < -0.4 is 5.32 Å². The molecule has 2 aromatic rings. The average molecular weight is 427 g/mol. The minimum atomic E-state index is -0.777. The number of benzene rings is 1. The number of amides is 4. The summed E-state index contributed by atoms with van der Waals surface area (Å²) in [6.45, 7) is 1.08. The summed E-state index contributed by atoms with van der Waals surface area (Å²) < 4.78 is 1.16. The zero-order valence-corrected chi connectivity index (χ0v) is 17.7. The number of nitrogens with one attached hydrogen (secondary N) is 1. The summed E-state index contributed by atoms with van der Waals surface area (Å²) in [4.78, 5) is 46.1. The van der Waals surface area contributed by atoms with E-state index in [1.54, 1.807) is 16.2 Å². The predicted octanol–water partition coefficient (Wildman–Crippen LogP) is 3.26. The number of fused-ring (bicyclic) bond motifs is 1. The molecule has 7 nitrogen and oxygen atoms in total. The quantitative estimate of drug-likeness (QED) is 0.764. The fourth-order valence-corrected chi connectivity index (χ4v) is 6.11. The fourth-order valence-electron chi connectivity index (χ4n) is 5.02. The number of carbonyl (C=O) groups is 3. The first-order valence-electron chi connectivity index (χ1n) is 10.8. The summed E-state index contributed by atoms with van der Waals surface area (Å²) >= 11 is 1.69. The zero-order chi connectivity index (χ0) is 20.7. The lowest BCUT2D eigenvalue weighted by molar-refractivity contribution is -0.140. The molecule has 30 heavy (non-hydrogen) atoms. The van der Waals surface area contributed by atoms with Crippen molar-refractivity contribution in [3.63, 3.8) is 0 Å². The minimum Gasteiger partial charge on any atom is -0.340 e. The van der Waals surface area contributed by atoms with Crippen LogP contribution in [0.15, 0.2) is 24.3 Å². The maximum absolute atomic E-state index is 13.0. The number of likely N-dealkylation sites (tertiary alicyclic amines) is 1. The van der Waals surface area contributed by atoms with Crippen molar-refractivity contribution < 1.29 is 14.4 Å². The maximum Gasteiger partial charge on any atom is 0.325 e. The summed E-state index contributed by atoms with van der Waals surface area (Å²) in [6.07, 6.45) is 6.20. The van der Waals surface area contributed by atoms with E-state index in [4.69, 9.17) is 4.98 Å². The lowest BCUT2D eigenvalue weighted by atomic mass is 9.82. The molecule has 0 bridgehead atoms. The van der Waals surface area contributed by atoms with Crippen LogP contribution in [0.1, 0.15) is 55.9 Å². The number of thiazole rings is 1. The Kier molecular flexibility index (Phi) is 4.97. The van der Waals surface area contributed by atoms with Crippen LogP contribution in [0.3, 0.4) is 0 Å². The van der Waals surface area contributed by atoms with Crippen molar-refractivity contribution in [2.75, 3.05) is 19.6 Å². The molecule has 1 spiro atoms. The number of urea groups is 1. The Labute approximate surface area is 179 Å². The van der Waals surface area contributed by atoms with Gasteiger partial charge >= 0.3 is 6.03 Å². The zero-order valence-electron chi connectivity index (χ0n) is 16.9. The fraction of sp³-hybridized carbons (Fsp3) is 0.545. The molecule has 4 amide bonds. The van der Waals surface area contributed by atoms with E-state index in [1.165, 1.54) is 0 Å². The first-order valence-corrected chi connectivity index (χ1v) is 11.6. The number of carbonyl (C=O) groups excluding carboxylic acids is 3. The second-order valence-electron chi connectivity index (χ2n) is 8.66. The first kappa shape index (κ1) is 19.5. The van der Waals surface area contributed by atoms with E-state index in [0.717, 1.165) is 52.2 Å². The lowest BCUT2D eigenvalue weighted by Gasteiger charge is -2.33. The Hall–Kier alpha value is -2.48. The molecule has 158 valence electrons. The van der Waals surface area contributed by atoms with Crippen LogP contribution in [-0.2, 0) is 9.59 Å². The van der Waals surface area contributed by atoms with Crippen LogP contribution in [0, 0.1) is 0 Å². The van der Waals surface area contributed by atoms with Crippen molar-refractivity contribution >= 4 is 39.4 Å². The molecule has 2 aliphatic heterocycles. The molecule has 3 heterocycles. The average Bonchev–Trinajstić information content (AvgIpc) is 3.30. The molecule has 1 aromatic carbocycles. The molecule has 1 N–H and O–H groups in total. The molecular formula is C22H26N4O3S. The van der Waals surface area contributed by atoms with Gasteiger partial charge in [-0.15, -0.1) is 11.3 Å². The largest absolute Gasteiger partial charge is 0.340 e.